The maximum Gasteiger partial charge on any atom is 0.345 e. The van der Waals surface area contributed by atoms with Gasteiger partial charge in [-0.15, -0.1) is 11.8 Å². The quantitative estimate of drug-likeness (QED) is 0.618. The van der Waals surface area contributed by atoms with Crippen LogP contribution in [0.1, 0.15) is 5.56 Å². The maximum absolute atomic E-state index is 12.5. The molecule has 0 bridgehead atoms. The smallest absolute Gasteiger partial charge is 0.345 e. The predicted octanol–water partition coefficient (Wildman–Crippen LogP) is 5.01. The highest BCUT2D eigenvalue weighted by Gasteiger charge is 2.21. The summed E-state index contributed by atoms with van der Waals surface area (Å²) in [6.45, 7) is 0.318. The molecule has 24 heavy (non-hydrogen) atoms. The van der Waals surface area contributed by atoms with Crippen molar-refractivity contribution in [1.29, 1.82) is 0 Å². The Hall–Kier alpha value is -2.17. The van der Waals surface area contributed by atoms with E-state index in [0.717, 1.165) is 21.6 Å². The minimum Gasteiger partial charge on any atom is -0.489 e. The molecule has 0 saturated heterocycles. The van der Waals surface area contributed by atoms with Crippen molar-refractivity contribution in [3.05, 3.63) is 75.6 Å². The Balaban J connectivity index is 1.70. The molecule has 3 nitrogen and oxygen atoms in total. The van der Waals surface area contributed by atoms with E-state index in [2.05, 4.69) is 0 Å². The first-order chi connectivity index (χ1) is 11.7. The van der Waals surface area contributed by atoms with Crippen LogP contribution in [0.3, 0.4) is 0 Å². The number of fused-ring (bicyclic) bond motifs is 3. The second-order valence-corrected chi connectivity index (χ2v) is 6.84. The summed E-state index contributed by atoms with van der Waals surface area (Å²) in [5.41, 5.74) is 1.77. The molecule has 0 N–H and O–H groups in total. The Labute approximate surface area is 147 Å². The summed E-state index contributed by atoms with van der Waals surface area (Å²) in [5.74, 6) is 1.52. The first-order valence-corrected chi connectivity index (χ1v) is 8.85. The summed E-state index contributed by atoms with van der Waals surface area (Å²) >= 11 is 7.53. The first kappa shape index (κ1) is 15.4. The molecule has 0 amide bonds. The van der Waals surface area contributed by atoms with E-state index in [9.17, 15) is 4.79 Å². The standard InChI is InChI=1S/C19H13ClO3S/c20-13-5-7-14(8-6-13)22-11-12-9-10-24-18-15-3-1-2-4-16(15)23-19(21)17(12)18/h1-9H,10-11H2. The minimum atomic E-state index is -0.318. The normalized spacial score (nSPS) is 13.5. The van der Waals surface area contributed by atoms with Crippen LogP contribution >= 0.6 is 23.4 Å². The number of halogens is 1. The second-order valence-electron chi connectivity index (χ2n) is 5.37. The lowest BCUT2D eigenvalue weighted by molar-refractivity contribution is 0.368. The van der Waals surface area contributed by atoms with E-state index in [1.165, 1.54) is 0 Å². The van der Waals surface area contributed by atoms with E-state index >= 15 is 0 Å². The van der Waals surface area contributed by atoms with Crippen molar-refractivity contribution in [2.24, 2.45) is 0 Å². The van der Waals surface area contributed by atoms with Crippen molar-refractivity contribution < 1.29 is 9.15 Å². The van der Waals surface area contributed by atoms with Crippen LogP contribution in [0.15, 0.2) is 68.7 Å². The average Bonchev–Trinajstić information content (AvgIpc) is 2.61. The Morgan fingerprint density at radius 3 is 2.75 bits per heavy atom. The summed E-state index contributed by atoms with van der Waals surface area (Å²) in [6, 6.07) is 14.8. The summed E-state index contributed by atoms with van der Waals surface area (Å²) in [6.07, 6.45) is 2.02. The molecule has 0 aliphatic carbocycles. The van der Waals surface area contributed by atoms with Crippen molar-refractivity contribution in [2.45, 2.75) is 4.90 Å². The molecule has 1 aliphatic rings. The molecule has 4 rings (SSSR count). The summed E-state index contributed by atoms with van der Waals surface area (Å²) in [4.78, 5) is 13.4. The molecule has 0 radical (unpaired) electrons. The van der Waals surface area contributed by atoms with E-state index in [1.807, 2.05) is 42.5 Å². The highest BCUT2D eigenvalue weighted by Crippen LogP contribution is 2.36. The molecule has 0 fully saturated rings. The van der Waals surface area contributed by atoms with E-state index in [4.69, 9.17) is 20.8 Å². The van der Waals surface area contributed by atoms with Crippen LogP contribution in [0, 0.1) is 0 Å². The van der Waals surface area contributed by atoms with Gasteiger partial charge in [0.15, 0.2) is 0 Å². The van der Waals surface area contributed by atoms with Crippen molar-refractivity contribution in [3.63, 3.8) is 0 Å². The Morgan fingerprint density at radius 2 is 1.92 bits per heavy atom. The van der Waals surface area contributed by atoms with E-state index < -0.39 is 0 Å². The molecule has 2 heterocycles. The highest BCUT2D eigenvalue weighted by molar-refractivity contribution is 7.99. The van der Waals surface area contributed by atoms with Gasteiger partial charge in [-0.2, -0.15) is 0 Å². The zero-order valence-corrected chi connectivity index (χ0v) is 14.2. The van der Waals surface area contributed by atoms with Gasteiger partial charge in [-0.25, -0.2) is 4.79 Å². The lowest BCUT2D eigenvalue weighted by Gasteiger charge is -2.18. The van der Waals surface area contributed by atoms with Crippen molar-refractivity contribution in [1.82, 2.24) is 0 Å². The van der Waals surface area contributed by atoms with Gasteiger partial charge in [0.2, 0.25) is 0 Å². The Morgan fingerprint density at radius 1 is 1.12 bits per heavy atom. The zero-order valence-electron chi connectivity index (χ0n) is 12.6. The summed E-state index contributed by atoms with van der Waals surface area (Å²) in [7, 11) is 0. The molecule has 2 aromatic carbocycles. The van der Waals surface area contributed by atoms with Gasteiger partial charge in [-0.3, -0.25) is 0 Å². The average molecular weight is 357 g/mol. The van der Waals surface area contributed by atoms with E-state index in [-0.39, 0.29) is 5.63 Å². The molecule has 3 aromatic rings. The SMILES string of the molecule is O=c1oc2ccccc2c2c1C(COc1ccc(Cl)cc1)=CCS2. The molecule has 120 valence electrons. The third kappa shape index (κ3) is 2.83. The molecular weight excluding hydrogens is 344 g/mol. The van der Waals surface area contributed by atoms with Gasteiger partial charge >= 0.3 is 5.63 Å². The lowest BCUT2D eigenvalue weighted by atomic mass is 10.1. The van der Waals surface area contributed by atoms with Gasteiger partial charge in [0, 0.05) is 26.6 Å². The molecule has 0 saturated carbocycles. The number of para-hydroxylation sites is 1. The number of rotatable bonds is 3. The van der Waals surface area contributed by atoms with Crippen molar-refractivity contribution in [2.75, 3.05) is 12.4 Å². The molecule has 5 heteroatoms. The van der Waals surface area contributed by atoms with Crippen LogP contribution in [0.5, 0.6) is 5.75 Å². The Bertz CT molecular complexity index is 990. The number of hydrogen-bond acceptors (Lipinski definition) is 4. The maximum atomic E-state index is 12.5. The predicted molar refractivity (Wildman–Crippen MR) is 98.1 cm³/mol. The number of thioether (sulfide) groups is 1. The minimum absolute atomic E-state index is 0.318. The van der Waals surface area contributed by atoms with E-state index in [0.29, 0.717) is 28.5 Å². The number of benzene rings is 2. The molecule has 0 unspecified atom stereocenters. The molecular formula is C19H13ClO3S. The summed E-state index contributed by atoms with van der Waals surface area (Å²) in [5, 5.41) is 1.63. The topological polar surface area (TPSA) is 39.4 Å². The van der Waals surface area contributed by atoms with Gasteiger partial charge in [0.1, 0.15) is 17.9 Å². The largest absolute Gasteiger partial charge is 0.489 e. The lowest BCUT2D eigenvalue weighted by Crippen LogP contribution is -2.15. The molecule has 1 aromatic heterocycles. The number of ether oxygens (including phenoxy) is 1. The fourth-order valence-corrected chi connectivity index (χ4v) is 3.96. The van der Waals surface area contributed by atoms with Crippen LogP contribution in [0.25, 0.3) is 16.5 Å². The number of hydrogen-bond donors (Lipinski definition) is 0. The van der Waals surface area contributed by atoms with Crippen LogP contribution < -0.4 is 10.4 Å². The van der Waals surface area contributed by atoms with Gasteiger partial charge in [0.25, 0.3) is 0 Å². The van der Waals surface area contributed by atoms with Crippen LogP contribution in [-0.4, -0.2) is 12.4 Å². The molecule has 0 atom stereocenters. The fraction of sp³-hybridized carbons (Fsp3) is 0.105. The highest BCUT2D eigenvalue weighted by atomic mass is 35.5. The van der Waals surface area contributed by atoms with Gasteiger partial charge < -0.3 is 9.15 Å². The zero-order chi connectivity index (χ0) is 16.5. The monoisotopic (exact) mass is 356 g/mol. The van der Waals surface area contributed by atoms with E-state index in [1.54, 1.807) is 23.9 Å². The van der Waals surface area contributed by atoms with Crippen molar-refractivity contribution >= 4 is 39.9 Å². The summed E-state index contributed by atoms with van der Waals surface area (Å²) < 4.78 is 11.3. The third-order valence-corrected chi connectivity index (χ3v) is 5.15. The van der Waals surface area contributed by atoms with Crippen LogP contribution in [0.4, 0.5) is 0 Å². The van der Waals surface area contributed by atoms with Crippen LogP contribution in [-0.2, 0) is 0 Å². The second kappa shape index (κ2) is 6.38. The van der Waals surface area contributed by atoms with Gasteiger partial charge in [-0.1, -0.05) is 35.9 Å². The molecule has 1 aliphatic heterocycles. The first-order valence-electron chi connectivity index (χ1n) is 7.49. The third-order valence-electron chi connectivity index (χ3n) is 3.85. The Kier molecular flexibility index (Phi) is 4.08. The van der Waals surface area contributed by atoms with Crippen LogP contribution in [0.2, 0.25) is 5.02 Å². The van der Waals surface area contributed by atoms with Crippen molar-refractivity contribution in [3.8, 4) is 5.75 Å². The fourth-order valence-electron chi connectivity index (χ4n) is 2.70. The van der Waals surface area contributed by atoms with Gasteiger partial charge in [0.05, 0.1) is 5.56 Å². The molecule has 0 spiro atoms. The van der Waals surface area contributed by atoms with Gasteiger partial charge in [-0.05, 0) is 30.3 Å².